The number of benzene rings is 1. The Balaban J connectivity index is 1.37. The Kier molecular flexibility index (Phi) is 5.31. The van der Waals surface area contributed by atoms with Crippen molar-refractivity contribution in [1.29, 1.82) is 0 Å². The lowest BCUT2D eigenvalue weighted by molar-refractivity contribution is 0.363. The molecule has 1 aliphatic rings. The summed E-state index contributed by atoms with van der Waals surface area (Å²) in [6.07, 6.45) is 3.41. The molecule has 3 aromatic rings. The smallest absolute Gasteiger partial charge is 0.257 e. The zero-order chi connectivity index (χ0) is 17.8. The standard InChI is InChI=1S/C18H22N6OS/c1-24-16(11-13-7-9-19-10-8-13)21-22-18(24)26-12-15-20-17(25-23-15)14-5-3-2-4-6-14/h2-6,13,19H,7-12H2,1H3. The summed E-state index contributed by atoms with van der Waals surface area (Å²) in [4.78, 5) is 4.46. The highest BCUT2D eigenvalue weighted by atomic mass is 32.2. The van der Waals surface area contributed by atoms with Crippen molar-refractivity contribution in [3.8, 4) is 11.5 Å². The molecule has 2 aromatic heterocycles. The number of hydrogen-bond donors (Lipinski definition) is 1. The first kappa shape index (κ1) is 17.2. The number of piperidine rings is 1. The Morgan fingerprint density at radius 3 is 2.81 bits per heavy atom. The Hall–Kier alpha value is -2.19. The summed E-state index contributed by atoms with van der Waals surface area (Å²) in [5, 5.41) is 17.1. The molecule has 0 unspecified atom stereocenters. The van der Waals surface area contributed by atoms with E-state index in [0.29, 0.717) is 23.4 Å². The molecule has 0 radical (unpaired) electrons. The summed E-state index contributed by atoms with van der Waals surface area (Å²) >= 11 is 1.58. The maximum absolute atomic E-state index is 5.35. The van der Waals surface area contributed by atoms with Crippen molar-refractivity contribution < 1.29 is 4.52 Å². The third-order valence-electron chi connectivity index (χ3n) is 4.67. The van der Waals surface area contributed by atoms with Crippen LogP contribution in [-0.4, -0.2) is 38.0 Å². The molecule has 0 spiro atoms. The van der Waals surface area contributed by atoms with Crippen molar-refractivity contribution in [1.82, 2.24) is 30.2 Å². The molecule has 1 aromatic carbocycles. The minimum absolute atomic E-state index is 0.547. The fraction of sp³-hybridized carbons (Fsp3) is 0.444. The lowest BCUT2D eigenvalue weighted by atomic mass is 9.94. The van der Waals surface area contributed by atoms with Gasteiger partial charge in [-0.1, -0.05) is 35.1 Å². The Bertz CT molecular complexity index is 841. The van der Waals surface area contributed by atoms with Gasteiger partial charge in [0.1, 0.15) is 5.82 Å². The molecule has 136 valence electrons. The summed E-state index contributed by atoms with van der Waals surface area (Å²) in [7, 11) is 2.03. The SMILES string of the molecule is Cn1c(CC2CCNCC2)nnc1SCc1noc(-c2ccccc2)n1. The number of rotatable bonds is 6. The zero-order valence-corrected chi connectivity index (χ0v) is 15.6. The number of aromatic nitrogens is 5. The predicted octanol–water partition coefficient (Wildman–Crippen LogP) is 2.70. The summed E-state index contributed by atoms with van der Waals surface area (Å²) in [6, 6.07) is 9.79. The molecular weight excluding hydrogens is 348 g/mol. The first-order valence-corrected chi connectivity index (χ1v) is 9.88. The van der Waals surface area contributed by atoms with Gasteiger partial charge >= 0.3 is 0 Å². The van der Waals surface area contributed by atoms with Gasteiger partial charge in [-0.2, -0.15) is 4.98 Å². The first-order chi connectivity index (χ1) is 12.8. The summed E-state index contributed by atoms with van der Waals surface area (Å²) < 4.78 is 7.44. The summed E-state index contributed by atoms with van der Waals surface area (Å²) in [6.45, 7) is 2.21. The van der Waals surface area contributed by atoms with E-state index in [1.54, 1.807) is 11.8 Å². The van der Waals surface area contributed by atoms with Crippen molar-refractivity contribution in [3.05, 3.63) is 42.0 Å². The number of hydrogen-bond acceptors (Lipinski definition) is 7. The topological polar surface area (TPSA) is 81.7 Å². The van der Waals surface area contributed by atoms with Gasteiger partial charge in [0, 0.05) is 19.0 Å². The summed E-state index contributed by atoms with van der Waals surface area (Å²) in [5.41, 5.74) is 0.930. The first-order valence-electron chi connectivity index (χ1n) is 8.89. The fourth-order valence-electron chi connectivity index (χ4n) is 3.13. The van der Waals surface area contributed by atoms with E-state index in [4.69, 9.17) is 4.52 Å². The largest absolute Gasteiger partial charge is 0.334 e. The molecule has 1 aliphatic heterocycles. The van der Waals surface area contributed by atoms with E-state index in [2.05, 4.69) is 30.2 Å². The molecule has 1 saturated heterocycles. The van der Waals surface area contributed by atoms with Gasteiger partial charge in [-0.25, -0.2) is 0 Å². The third kappa shape index (κ3) is 3.96. The second-order valence-electron chi connectivity index (χ2n) is 6.53. The van der Waals surface area contributed by atoms with Gasteiger partial charge < -0.3 is 14.4 Å². The maximum Gasteiger partial charge on any atom is 0.257 e. The van der Waals surface area contributed by atoms with Gasteiger partial charge in [0.25, 0.3) is 5.89 Å². The normalized spacial score (nSPS) is 15.4. The van der Waals surface area contributed by atoms with Gasteiger partial charge in [0.2, 0.25) is 0 Å². The highest BCUT2D eigenvalue weighted by Gasteiger charge is 2.18. The maximum atomic E-state index is 5.35. The predicted molar refractivity (Wildman–Crippen MR) is 99.6 cm³/mol. The monoisotopic (exact) mass is 370 g/mol. The minimum Gasteiger partial charge on any atom is -0.334 e. The highest BCUT2D eigenvalue weighted by Crippen LogP contribution is 2.24. The Morgan fingerprint density at radius 1 is 1.19 bits per heavy atom. The molecule has 8 heteroatoms. The molecular formula is C18H22N6OS. The number of nitrogens with zero attached hydrogens (tertiary/aromatic N) is 5. The molecule has 0 atom stereocenters. The lowest BCUT2D eigenvalue weighted by Crippen LogP contribution is -2.29. The van der Waals surface area contributed by atoms with Crippen LogP contribution in [0.3, 0.4) is 0 Å². The highest BCUT2D eigenvalue weighted by molar-refractivity contribution is 7.98. The van der Waals surface area contributed by atoms with Crippen LogP contribution in [0.4, 0.5) is 0 Å². The quantitative estimate of drug-likeness (QED) is 0.668. The molecule has 1 N–H and O–H groups in total. The van der Waals surface area contributed by atoms with Crippen LogP contribution in [0.15, 0.2) is 40.0 Å². The molecule has 7 nitrogen and oxygen atoms in total. The van der Waals surface area contributed by atoms with E-state index >= 15 is 0 Å². The average Bonchev–Trinajstić information content (AvgIpc) is 3.29. The van der Waals surface area contributed by atoms with Crippen LogP contribution < -0.4 is 5.32 Å². The van der Waals surface area contributed by atoms with Crippen molar-refractivity contribution in [2.24, 2.45) is 13.0 Å². The summed E-state index contributed by atoms with van der Waals surface area (Å²) in [5.74, 6) is 3.57. The van der Waals surface area contributed by atoms with Crippen LogP contribution in [0.5, 0.6) is 0 Å². The molecule has 26 heavy (non-hydrogen) atoms. The van der Waals surface area contributed by atoms with E-state index in [-0.39, 0.29) is 0 Å². The van der Waals surface area contributed by atoms with Gasteiger partial charge in [0.15, 0.2) is 11.0 Å². The van der Waals surface area contributed by atoms with Crippen LogP contribution in [0.1, 0.15) is 24.5 Å². The molecule has 0 aliphatic carbocycles. The Labute approximate surface area is 156 Å². The van der Waals surface area contributed by atoms with Gasteiger partial charge in [0.05, 0.1) is 5.75 Å². The number of nitrogens with one attached hydrogen (secondary N) is 1. The molecule has 0 bridgehead atoms. The van der Waals surface area contributed by atoms with Crippen LogP contribution in [0.2, 0.25) is 0 Å². The van der Waals surface area contributed by atoms with Crippen molar-refractivity contribution in [3.63, 3.8) is 0 Å². The van der Waals surface area contributed by atoms with E-state index in [0.717, 1.165) is 36.1 Å². The van der Waals surface area contributed by atoms with Crippen LogP contribution in [0, 0.1) is 5.92 Å². The van der Waals surface area contributed by atoms with E-state index in [1.165, 1.54) is 12.8 Å². The van der Waals surface area contributed by atoms with Crippen LogP contribution >= 0.6 is 11.8 Å². The zero-order valence-electron chi connectivity index (χ0n) is 14.8. The van der Waals surface area contributed by atoms with Crippen LogP contribution in [-0.2, 0) is 19.2 Å². The molecule has 4 rings (SSSR count). The molecule has 1 fully saturated rings. The van der Waals surface area contributed by atoms with Gasteiger partial charge in [-0.15, -0.1) is 10.2 Å². The number of thioether (sulfide) groups is 1. The van der Waals surface area contributed by atoms with Crippen LogP contribution in [0.25, 0.3) is 11.5 Å². The Morgan fingerprint density at radius 2 is 2.00 bits per heavy atom. The fourth-order valence-corrected chi connectivity index (χ4v) is 3.91. The third-order valence-corrected chi connectivity index (χ3v) is 5.69. The van der Waals surface area contributed by atoms with Crippen molar-refractivity contribution >= 4 is 11.8 Å². The van der Waals surface area contributed by atoms with Crippen molar-refractivity contribution in [2.75, 3.05) is 13.1 Å². The molecule has 0 amide bonds. The lowest BCUT2D eigenvalue weighted by Gasteiger charge is -2.21. The average molecular weight is 370 g/mol. The minimum atomic E-state index is 0.547. The van der Waals surface area contributed by atoms with E-state index < -0.39 is 0 Å². The van der Waals surface area contributed by atoms with Crippen molar-refractivity contribution in [2.45, 2.75) is 30.2 Å². The van der Waals surface area contributed by atoms with E-state index in [1.807, 2.05) is 37.4 Å². The van der Waals surface area contributed by atoms with Gasteiger partial charge in [-0.05, 0) is 44.0 Å². The second kappa shape index (κ2) is 8.01. The molecule has 0 saturated carbocycles. The molecule has 3 heterocycles. The second-order valence-corrected chi connectivity index (χ2v) is 7.47. The van der Waals surface area contributed by atoms with E-state index in [9.17, 15) is 0 Å². The van der Waals surface area contributed by atoms with Gasteiger partial charge in [-0.3, -0.25) is 0 Å².